The van der Waals surface area contributed by atoms with Crippen LogP contribution in [0.2, 0.25) is 0 Å². The van der Waals surface area contributed by atoms with Crippen molar-refractivity contribution in [3.63, 3.8) is 0 Å². The smallest absolute Gasteiger partial charge is 0.312 e. The summed E-state index contributed by atoms with van der Waals surface area (Å²) in [6.07, 6.45) is 5.58. The largest absolute Gasteiger partial charge is 0.466 e. The lowest BCUT2D eigenvalue weighted by Crippen LogP contribution is -2.49. The van der Waals surface area contributed by atoms with Gasteiger partial charge < -0.3 is 10.1 Å². The van der Waals surface area contributed by atoms with Crippen LogP contribution in [-0.2, 0) is 9.53 Å². The predicted molar refractivity (Wildman–Crippen MR) is 58.5 cm³/mol. The third kappa shape index (κ3) is 1.89. The van der Waals surface area contributed by atoms with Gasteiger partial charge in [-0.2, -0.15) is 0 Å². The van der Waals surface area contributed by atoms with Gasteiger partial charge in [-0.3, -0.25) is 4.79 Å². The maximum Gasteiger partial charge on any atom is 0.312 e. The first-order valence-electron chi connectivity index (χ1n) is 6.17. The van der Waals surface area contributed by atoms with Crippen molar-refractivity contribution in [3.8, 4) is 0 Å². The monoisotopic (exact) mass is 211 g/mol. The van der Waals surface area contributed by atoms with E-state index in [9.17, 15) is 4.79 Å². The summed E-state index contributed by atoms with van der Waals surface area (Å²) in [5.41, 5.74) is -0.0991. The van der Waals surface area contributed by atoms with Crippen molar-refractivity contribution < 1.29 is 9.53 Å². The normalized spacial score (nSPS) is 25.7. The molecule has 0 spiro atoms. The van der Waals surface area contributed by atoms with Gasteiger partial charge in [-0.05, 0) is 51.6 Å². The molecule has 0 aromatic heterocycles. The van der Waals surface area contributed by atoms with Gasteiger partial charge in [0.1, 0.15) is 0 Å². The van der Waals surface area contributed by atoms with Gasteiger partial charge in [-0.25, -0.2) is 0 Å². The van der Waals surface area contributed by atoms with E-state index in [1.807, 2.05) is 6.92 Å². The van der Waals surface area contributed by atoms with Crippen LogP contribution in [0.1, 0.15) is 39.0 Å². The highest BCUT2D eigenvalue weighted by atomic mass is 16.5. The average Bonchev–Trinajstić information content (AvgIpc) is 2.18. The lowest BCUT2D eigenvalue weighted by molar-refractivity contribution is -0.167. The van der Waals surface area contributed by atoms with Crippen LogP contribution in [0.15, 0.2) is 0 Å². The third-order valence-corrected chi connectivity index (χ3v) is 4.05. The minimum atomic E-state index is -0.0991. The molecule has 15 heavy (non-hydrogen) atoms. The van der Waals surface area contributed by atoms with Gasteiger partial charge in [0, 0.05) is 0 Å². The van der Waals surface area contributed by atoms with E-state index < -0.39 is 0 Å². The van der Waals surface area contributed by atoms with Crippen LogP contribution in [0.5, 0.6) is 0 Å². The summed E-state index contributed by atoms with van der Waals surface area (Å²) < 4.78 is 5.24. The van der Waals surface area contributed by atoms with Crippen molar-refractivity contribution in [1.29, 1.82) is 0 Å². The van der Waals surface area contributed by atoms with Crippen molar-refractivity contribution in [2.75, 3.05) is 19.7 Å². The minimum absolute atomic E-state index is 0.0724. The molecule has 2 aliphatic rings. The maximum atomic E-state index is 12.0. The van der Waals surface area contributed by atoms with Crippen molar-refractivity contribution in [2.24, 2.45) is 11.3 Å². The van der Waals surface area contributed by atoms with E-state index in [0.29, 0.717) is 12.5 Å². The second-order valence-corrected chi connectivity index (χ2v) is 4.75. The molecule has 86 valence electrons. The second kappa shape index (κ2) is 4.52. The minimum Gasteiger partial charge on any atom is -0.466 e. The van der Waals surface area contributed by atoms with Crippen LogP contribution < -0.4 is 5.32 Å². The molecule has 2 fully saturated rings. The Kier molecular flexibility index (Phi) is 3.29. The zero-order valence-corrected chi connectivity index (χ0v) is 9.55. The molecular weight excluding hydrogens is 190 g/mol. The van der Waals surface area contributed by atoms with Crippen LogP contribution in [-0.4, -0.2) is 25.7 Å². The zero-order chi connectivity index (χ0) is 10.7. The standard InChI is InChI=1S/C12H21NO2/c1-2-15-11(14)12(6-3-7-12)10-4-8-13-9-5-10/h10,13H,2-9H2,1H3. The number of hydrogen-bond donors (Lipinski definition) is 1. The van der Waals surface area contributed by atoms with Gasteiger partial charge in [0.2, 0.25) is 0 Å². The molecule has 1 aliphatic heterocycles. The van der Waals surface area contributed by atoms with Crippen molar-refractivity contribution >= 4 is 5.97 Å². The zero-order valence-electron chi connectivity index (χ0n) is 9.55. The lowest BCUT2D eigenvalue weighted by Gasteiger charge is -2.46. The Hall–Kier alpha value is -0.570. The molecule has 0 amide bonds. The van der Waals surface area contributed by atoms with Crippen molar-refractivity contribution in [2.45, 2.75) is 39.0 Å². The second-order valence-electron chi connectivity index (χ2n) is 4.75. The number of esters is 1. The van der Waals surface area contributed by atoms with Gasteiger partial charge in [0.15, 0.2) is 0 Å². The Bertz CT molecular complexity index is 230. The van der Waals surface area contributed by atoms with Gasteiger partial charge in [0.05, 0.1) is 12.0 Å². The summed E-state index contributed by atoms with van der Waals surface area (Å²) in [5.74, 6) is 0.634. The molecule has 1 heterocycles. The number of rotatable bonds is 3. The molecule has 0 bridgehead atoms. The predicted octanol–water partition coefficient (Wildman–Crippen LogP) is 1.72. The molecular formula is C12H21NO2. The highest BCUT2D eigenvalue weighted by Gasteiger charge is 2.51. The molecule has 1 N–H and O–H groups in total. The highest BCUT2D eigenvalue weighted by molar-refractivity contribution is 5.78. The summed E-state index contributed by atoms with van der Waals surface area (Å²) in [4.78, 5) is 12.0. The Morgan fingerprint density at radius 3 is 2.53 bits per heavy atom. The first kappa shape index (κ1) is 10.9. The molecule has 3 nitrogen and oxygen atoms in total. The van der Waals surface area contributed by atoms with E-state index in [-0.39, 0.29) is 11.4 Å². The Morgan fingerprint density at radius 2 is 2.07 bits per heavy atom. The number of hydrogen-bond acceptors (Lipinski definition) is 3. The number of piperidine rings is 1. The number of ether oxygens (including phenoxy) is 1. The van der Waals surface area contributed by atoms with Gasteiger partial charge >= 0.3 is 5.97 Å². The van der Waals surface area contributed by atoms with E-state index >= 15 is 0 Å². The van der Waals surface area contributed by atoms with E-state index in [2.05, 4.69) is 5.32 Å². The quantitative estimate of drug-likeness (QED) is 0.722. The molecule has 0 atom stereocenters. The summed E-state index contributed by atoms with van der Waals surface area (Å²) in [6.45, 7) is 4.54. The molecule has 2 rings (SSSR count). The SMILES string of the molecule is CCOC(=O)C1(C2CCNCC2)CCC1. The highest BCUT2D eigenvalue weighted by Crippen LogP contribution is 2.51. The molecule has 0 aromatic rings. The first-order chi connectivity index (χ1) is 7.29. The van der Waals surface area contributed by atoms with Crippen LogP contribution in [0.25, 0.3) is 0 Å². The van der Waals surface area contributed by atoms with Gasteiger partial charge in [-0.15, -0.1) is 0 Å². The van der Waals surface area contributed by atoms with E-state index in [4.69, 9.17) is 4.74 Å². The molecule has 1 saturated carbocycles. The molecule has 0 aromatic carbocycles. The van der Waals surface area contributed by atoms with Crippen LogP contribution in [0.4, 0.5) is 0 Å². The maximum absolute atomic E-state index is 12.0. The number of carbonyl (C=O) groups is 1. The lowest BCUT2D eigenvalue weighted by atomic mass is 9.59. The average molecular weight is 211 g/mol. The number of carbonyl (C=O) groups excluding carboxylic acids is 1. The Labute approximate surface area is 91.6 Å². The number of nitrogens with one attached hydrogen (secondary N) is 1. The fourth-order valence-electron chi connectivity index (χ4n) is 2.99. The Balaban J connectivity index is 2.03. The van der Waals surface area contributed by atoms with Crippen LogP contribution in [0, 0.1) is 11.3 Å². The first-order valence-corrected chi connectivity index (χ1v) is 6.17. The van der Waals surface area contributed by atoms with E-state index in [0.717, 1.165) is 38.8 Å². The fourth-order valence-corrected chi connectivity index (χ4v) is 2.99. The van der Waals surface area contributed by atoms with E-state index in [1.54, 1.807) is 0 Å². The summed E-state index contributed by atoms with van der Waals surface area (Å²) in [6, 6.07) is 0. The van der Waals surface area contributed by atoms with Crippen LogP contribution >= 0.6 is 0 Å². The van der Waals surface area contributed by atoms with Crippen molar-refractivity contribution in [3.05, 3.63) is 0 Å². The van der Waals surface area contributed by atoms with Crippen LogP contribution in [0.3, 0.4) is 0 Å². The van der Waals surface area contributed by atoms with Gasteiger partial charge in [0.25, 0.3) is 0 Å². The molecule has 0 radical (unpaired) electrons. The fraction of sp³-hybridized carbons (Fsp3) is 0.917. The topological polar surface area (TPSA) is 38.3 Å². The molecule has 0 unspecified atom stereocenters. The summed E-state index contributed by atoms with van der Waals surface area (Å²) >= 11 is 0. The summed E-state index contributed by atoms with van der Waals surface area (Å²) in [5, 5.41) is 3.35. The van der Waals surface area contributed by atoms with E-state index in [1.165, 1.54) is 6.42 Å². The van der Waals surface area contributed by atoms with Crippen molar-refractivity contribution in [1.82, 2.24) is 5.32 Å². The molecule has 1 aliphatic carbocycles. The molecule has 1 saturated heterocycles. The summed E-state index contributed by atoms with van der Waals surface area (Å²) in [7, 11) is 0. The third-order valence-electron chi connectivity index (χ3n) is 4.05. The molecule has 3 heteroatoms. The Morgan fingerprint density at radius 1 is 1.40 bits per heavy atom. The van der Waals surface area contributed by atoms with Gasteiger partial charge in [-0.1, -0.05) is 6.42 Å².